The van der Waals surface area contributed by atoms with Crippen LogP contribution in [0.4, 0.5) is 10.1 Å². The second-order valence-corrected chi connectivity index (χ2v) is 5.43. The average Bonchev–Trinajstić information content (AvgIpc) is 2.72. The summed E-state index contributed by atoms with van der Waals surface area (Å²) < 4.78 is 14.1. The zero-order valence-corrected chi connectivity index (χ0v) is 10.8. The van der Waals surface area contributed by atoms with Crippen molar-refractivity contribution in [1.82, 2.24) is 5.32 Å². The van der Waals surface area contributed by atoms with Crippen molar-refractivity contribution in [2.45, 2.75) is 6.54 Å². The van der Waals surface area contributed by atoms with E-state index >= 15 is 0 Å². The summed E-state index contributed by atoms with van der Waals surface area (Å²) in [5.41, 5.74) is 5.68. The highest BCUT2D eigenvalue weighted by atomic mass is 35.5. The predicted octanol–water partition coefficient (Wildman–Crippen LogP) is 3.05. The van der Waals surface area contributed by atoms with Crippen LogP contribution in [0.1, 0.15) is 15.2 Å². The quantitative estimate of drug-likeness (QED) is 0.851. The molecule has 3 N–H and O–H groups in total. The number of nitrogens with one attached hydrogen (secondary N) is 1. The number of benzene rings is 1. The maximum Gasteiger partial charge on any atom is 0.254 e. The fraction of sp³-hybridized carbons (Fsp3) is 0.0833. The van der Waals surface area contributed by atoms with Crippen molar-refractivity contribution in [1.29, 1.82) is 0 Å². The average molecular weight is 285 g/mol. The lowest BCUT2D eigenvalue weighted by Crippen LogP contribution is -2.23. The van der Waals surface area contributed by atoms with Gasteiger partial charge in [0.05, 0.1) is 16.4 Å². The Morgan fingerprint density at radius 3 is 2.78 bits per heavy atom. The van der Waals surface area contributed by atoms with E-state index in [9.17, 15) is 9.18 Å². The van der Waals surface area contributed by atoms with Crippen molar-refractivity contribution in [2.24, 2.45) is 0 Å². The Bertz CT molecular complexity index is 585. The number of amides is 1. The van der Waals surface area contributed by atoms with Crippen LogP contribution < -0.4 is 11.1 Å². The molecule has 0 saturated heterocycles. The summed E-state index contributed by atoms with van der Waals surface area (Å²) in [5.74, 6) is -1.10. The molecule has 0 bridgehead atoms. The molecule has 3 nitrogen and oxygen atoms in total. The molecule has 2 aromatic rings. The number of halogens is 2. The van der Waals surface area contributed by atoms with Crippen LogP contribution >= 0.6 is 22.9 Å². The molecule has 0 saturated carbocycles. The lowest BCUT2D eigenvalue weighted by atomic mass is 10.2. The summed E-state index contributed by atoms with van der Waals surface area (Å²) in [4.78, 5) is 12.6. The van der Waals surface area contributed by atoms with E-state index in [-0.39, 0.29) is 11.3 Å². The van der Waals surface area contributed by atoms with E-state index in [1.54, 1.807) is 6.07 Å². The van der Waals surface area contributed by atoms with E-state index in [0.717, 1.165) is 10.9 Å². The molecule has 1 aromatic carbocycles. The normalized spacial score (nSPS) is 10.3. The third kappa shape index (κ3) is 3.00. The Hall–Kier alpha value is -1.59. The van der Waals surface area contributed by atoms with Gasteiger partial charge in [-0.2, -0.15) is 0 Å². The smallest absolute Gasteiger partial charge is 0.254 e. The van der Waals surface area contributed by atoms with Gasteiger partial charge in [-0.15, -0.1) is 11.3 Å². The predicted molar refractivity (Wildman–Crippen MR) is 71.3 cm³/mol. The van der Waals surface area contributed by atoms with Crippen LogP contribution in [-0.4, -0.2) is 5.91 Å². The number of carbonyl (C=O) groups excluding carboxylic acids is 1. The van der Waals surface area contributed by atoms with Crippen LogP contribution in [0, 0.1) is 5.82 Å². The first kappa shape index (κ1) is 12.9. The van der Waals surface area contributed by atoms with Gasteiger partial charge in [-0.25, -0.2) is 4.39 Å². The summed E-state index contributed by atoms with van der Waals surface area (Å²) in [7, 11) is 0. The topological polar surface area (TPSA) is 55.1 Å². The molecule has 18 heavy (non-hydrogen) atoms. The molecule has 1 amide bonds. The molecule has 0 radical (unpaired) electrons. The first-order valence-corrected chi connectivity index (χ1v) is 6.33. The van der Waals surface area contributed by atoms with Gasteiger partial charge >= 0.3 is 0 Å². The van der Waals surface area contributed by atoms with E-state index in [0.29, 0.717) is 10.9 Å². The lowest BCUT2D eigenvalue weighted by molar-refractivity contribution is 0.0947. The van der Waals surface area contributed by atoms with E-state index in [4.69, 9.17) is 17.3 Å². The van der Waals surface area contributed by atoms with Crippen molar-refractivity contribution < 1.29 is 9.18 Å². The Balaban J connectivity index is 2.03. The molecule has 2 rings (SSSR count). The van der Waals surface area contributed by atoms with E-state index in [1.807, 2.05) is 6.07 Å². The number of rotatable bonds is 3. The highest BCUT2D eigenvalue weighted by molar-refractivity contribution is 7.16. The summed E-state index contributed by atoms with van der Waals surface area (Å²) in [6.45, 7) is 0.319. The van der Waals surface area contributed by atoms with Crippen LogP contribution in [0.2, 0.25) is 4.34 Å². The standard InChI is InChI=1S/C12H10ClFN2OS/c13-11-4-2-8(18-11)6-16-12(17)9-3-1-7(15)5-10(9)14/h1-5H,6,15H2,(H,16,17). The summed E-state index contributed by atoms with van der Waals surface area (Å²) in [6.07, 6.45) is 0. The molecule has 0 aliphatic rings. The minimum Gasteiger partial charge on any atom is -0.399 e. The minimum atomic E-state index is -0.628. The Morgan fingerprint density at radius 1 is 1.39 bits per heavy atom. The van der Waals surface area contributed by atoms with Crippen molar-refractivity contribution in [3.05, 3.63) is 50.9 Å². The van der Waals surface area contributed by atoms with E-state index < -0.39 is 11.7 Å². The van der Waals surface area contributed by atoms with E-state index in [1.165, 1.54) is 23.5 Å². The Morgan fingerprint density at radius 2 is 2.17 bits per heavy atom. The molecule has 0 spiro atoms. The molecule has 0 atom stereocenters. The maximum absolute atomic E-state index is 13.5. The highest BCUT2D eigenvalue weighted by Crippen LogP contribution is 2.21. The lowest BCUT2D eigenvalue weighted by Gasteiger charge is -2.05. The van der Waals surface area contributed by atoms with Crippen molar-refractivity contribution >= 4 is 34.5 Å². The van der Waals surface area contributed by atoms with E-state index in [2.05, 4.69) is 5.32 Å². The monoisotopic (exact) mass is 284 g/mol. The van der Waals surface area contributed by atoms with Crippen molar-refractivity contribution in [3.8, 4) is 0 Å². The number of anilines is 1. The fourth-order valence-electron chi connectivity index (χ4n) is 1.42. The molecule has 0 aliphatic heterocycles. The Kier molecular flexibility index (Phi) is 3.84. The molecule has 6 heteroatoms. The highest BCUT2D eigenvalue weighted by Gasteiger charge is 2.11. The van der Waals surface area contributed by atoms with Crippen molar-refractivity contribution in [3.63, 3.8) is 0 Å². The summed E-state index contributed by atoms with van der Waals surface area (Å²) in [6, 6.07) is 7.53. The van der Waals surface area contributed by atoms with Crippen LogP contribution in [0.3, 0.4) is 0 Å². The first-order valence-electron chi connectivity index (χ1n) is 5.13. The number of thiophene rings is 1. The SMILES string of the molecule is Nc1ccc(C(=O)NCc2ccc(Cl)s2)c(F)c1. The molecule has 0 aliphatic carbocycles. The summed E-state index contributed by atoms with van der Waals surface area (Å²) in [5, 5.41) is 2.62. The molecule has 1 aromatic heterocycles. The number of carbonyl (C=O) groups is 1. The van der Waals surface area contributed by atoms with Gasteiger partial charge < -0.3 is 11.1 Å². The van der Waals surface area contributed by atoms with Crippen LogP contribution in [0.5, 0.6) is 0 Å². The number of nitrogen functional groups attached to an aromatic ring is 1. The van der Waals surface area contributed by atoms with Crippen LogP contribution in [0.25, 0.3) is 0 Å². The second kappa shape index (κ2) is 5.37. The largest absolute Gasteiger partial charge is 0.399 e. The number of hydrogen-bond acceptors (Lipinski definition) is 3. The number of nitrogens with two attached hydrogens (primary N) is 1. The maximum atomic E-state index is 13.5. The third-order valence-electron chi connectivity index (χ3n) is 2.29. The second-order valence-electron chi connectivity index (χ2n) is 3.63. The Labute approximate surface area is 112 Å². The molecule has 0 fully saturated rings. The third-order valence-corrected chi connectivity index (χ3v) is 3.52. The zero-order valence-electron chi connectivity index (χ0n) is 9.24. The van der Waals surface area contributed by atoms with Gasteiger partial charge in [0.15, 0.2) is 0 Å². The van der Waals surface area contributed by atoms with Gasteiger partial charge in [0.25, 0.3) is 5.91 Å². The van der Waals surface area contributed by atoms with Crippen molar-refractivity contribution in [2.75, 3.05) is 5.73 Å². The van der Waals surface area contributed by atoms with Gasteiger partial charge in [-0.1, -0.05) is 11.6 Å². The molecule has 94 valence electrons. The van der Waals surface area contributed by atoms with Gasteiger partial charge in [0, 0.05) is 10.6 Å². The molecule has 1 heterocycles. The molecule has 0 unspecified atom stereocenters. The first-order chi connectivity index (χ1) is 8.56. The van der Waals surface area contributed by atoms with Gasteiger partial charge in [-0.05, 0) is 30.3 Å². The fourth-order valence-corrected chi connectivity index (χ4v) is 2.45. The zero-order chi connectivity index (χ0) is 13.1. The summed E-state index contributed by atoms with van der Waals surface area (Å²) >= 11 is 7.14. The van der Waals surface area contributed by atoms with Gasteiger partial charge in [-0.3, -0.25) is 4.79 Å². The van der Waals surface area contributed by atoms with Gasteiger partial charge in [0.1, 0.15) is 5.82 Å². The molecular formula is C12H10ClFN2OS. The van der Waals surface area contributed by atoms with Crippen LogP contribution in [0.15, 0.2) is 30.3 Å². The minimum absolute atomic E-state index is 0.0214. The molecular weight excluding hydrogens is 275 g/mol. The van der Waals surface area contributed by atoms with Gasteiger partial charge in [0.2, 0.25) is 0 Å². The van der Waals surface area contributed by atoms with Crippen LogP contribution in [-0.2, 0) is 6.54 Å². The number of hydrogen-bond donors (Lipinski definition) is 2.